The Hall–Kier alpha value is -1.45. The molecule has 1 N–H and O–H groups in total. The summed E-state index contributed by atoms with van der Waals surface area (Å²) in [6, 6.07) is 7.48. The lowest BCUT2D eigenvalue weighted by atomic mass is 10.2. The van der Waals surface area contributed by atoms with Gasteiger partial charge in [-0.25, -0.2) is 0 Å². The van der Waals surface area contributed by atoms with Crippen LogP contribution in [0.3, 0.4) is 0 Å². The van der Waals surface area contributed by atoms with Crippen molar-refractivity contribution in [1.82, 2.24) is 0 Å². The first-order chi connectivity index (χ1) is 8.20. The Morgan fingerprint density at radius 1 is 1.29 bits per heavy atom. The number of hydrogen-bond donors (Lipinski definition) is 1. The smallest absolute Gasteiger partial charge is 0.0952 e. The van der Waals surface area contributed by atoms with Crippen LogP contribution >= 0.6 is 11.6 Å². The van der Waals surface area contributed by atoms with Crippen LogP contribution in [0.15, 0.2) is 41.2 Å². The van der Waals surface area contributed by atoms with Crippen molar-refractivity contribution in [2.45, 2.75) is 13.2 Å². The van der Waals surface area contributed by atoms with Gasteiger partial charge in [-0.05, 0) is 23.8 Å². The van der Waals surface area contributed by atoms with Crippen molar-refractivity contribution in [2.24, 2.45) is 0 Å². The molecule has 1 aromatic heterocycles. The van der Waals surface area contributed by atoms with Crippen LogP contribution in [0.4, 0.5) is 5.69 Å². The lowest BCUT2D eigenvalue weighted by Gasteiger charge is -2.20. The van der Waals surface area contributed by atoms with Gasteiger partial charge in [0.25, 0.3) is 0 Å². The third kappa shape index (κ3) is 2.81. The van der Waals surface area contributed by atoms with Crippen LogP contribution in [-0.2, 0) is 13.2 Å². The van der Waals surface area contributed by atoms with Crippen molar-refractivity contribution >= 4 is 17.3 Å². The molecule has 0 spiro atoms. The quantitative estimate of drug-likeness (QED) is 0.907. The van der Waals surface area contributed by atoms with E-state index in [0.29, 0.717) is 5.02 Å². The third-order valence-electron chi connectivity index (χ3n) is 2.61. The minimum absolute atomic E-state index is 0.00540. The average Bonchev–Trinajstić information content (AvgIpc) is 2.81. The Morgan fingerprint density at radius 3 is 2.71 bits per heavy atom. The molecule has 0 aliphatic rings. The van der Waals surface area contributed by atoms with Crippen LogP contribution in [0.2, 0.25) is 5.02 Å². The molecule has 0 saturated heterocycles. The van der Waals surface area contributed by atoms with E-state index in [2.05, 4.69) is 0 Å². The normalized spacial score (nSPS) is 10.5. The van der Waals surface area contributed by atoms with E-state index >= 15 is 0 Å². The van der Waals surface area contributed by atoms with E-state index in [4.69, 9.17) is 21.1 Å². The molecule has 3 nitrogen and oxygen atoms in total. The number of furan rings is 1. The first-order valence-electron chi connectivity index (χ1n) is 5.32. The minimum Gasteiger partial charge on any atom is -0.472 e. The van der Waals surface area contributed by atoms with E-state index in [1.807, 2.05) is 30.1 Å². The highest BCUT2D eigenvalue weighted by Gasteiger charge is 2.08. The molecule has 0 unspecified atom stereocenters. The van der Waals surface area contributed by atoms with Gasteiger partial charge in [-0.2, -0.15) is 0 Å². The zero-order valence-electron chi connectivity index (χ0n) is 9.56. The van der Waals surface area contributed by atoms with Gasteiger partial charge in [0.1, 0.15) is 0 Å². The number of halogens is 1. The summed E-state index contributed by atoms with van der Waals surface area (Å²) in [5.41, 5.74) is 2.84. The van der Waals surface area contributed by atoms with E-state index in [1.165, 1.54) is 0 Å². The minimum atomic E-state index is 0.00540. The SMILES string of the molecule is CN(Cc1ccoc1)c1ccc(CO)cc1Cl. The molecule has 0 bridgehead atoms. The van der Waals surface area contributed by atoms with Gasteiger partial charge in [0, 0.05) is 19.2 Å². The van der Waals surface area contributed by atoms with E-state index in [9.17, 15) is 0 Å². The summed E-state index contributed by atoms with van der Waals surface area (Å²) in [5, 5.41) is 9.66. The first-order valence-corrected chi connectivity index (χ1v) is 5.70. The molecule has 4 heteroatoms. The Labute approximate surface area is 105 Å². The number of aliphatic hydroxyl groups excluding tert-OH is 1. The Morgan fingerprint density at radius 2 is 2.12 bits per heavy atom. The lowest BCUT2D eigenvalue weighted by Crippen LogP contribution is -2.16. The summed E-state index contributed by atoms with van der Waals surface area (Å²) >= 11 is 6.17. The summed E-state index contributed by atoms with van der Waals surface area (Å²) in [5.74, 6) is 0. The molecule has 1 heterocycles. The maximum absolute atomic E-state index is 9.01. The third-order valence-corrected chi connectivity index (χ3v) is 2.91. The van der Waals surface area contributed by atoms with Crippen LogP contribution in [0.1, 0.15) is 11.1 Å². The molecule has 0 aliphatic heterocycles. The molecule has 0 atom stereocenters. The molecule has 0 amide bonds. The average molecular weight is 252 g/mol. The van der Waals surface area contributed by atoms with Crippen molar-refractivity contribution in [3.8, 4) is 0 Å². The largest absolute Gasteiger partial charge is 0.472 e. The van der Waals surface area contributed by atoms with E-state index in [1.54, 1.807) is 18.6 Å². The summed E-state index contributed by atoms with van der Waals surface area (Å²) in [6.07, 6.45) is 3.37. The number of rotatable bonds is 4. The highest BCUT2D eigenvalue weighted by molar-refractivity contribution is 6.33. The standard InChI is InChI=1S/C13H14ClNO2/c1-15(7-11-4-5-17-9-11)13-3-2-10(8-16)6-12(13)14/h2-6,9,16H,7-8H2,1H3. The fourth-order valence-electron chi connectivity index (χ4n) is 1.70. The van der Waals surface area contributed by atoms with E-state index in [-0.39, 0.29) is 6.61 Å². The monoisotopic (exact) mass is 251 g/mol. The summed E-state index contributed by atoms with van der Waals surface area (Å²) < 4.78 is 5.03. The van der Waals surface area contributed by atoms with Crippen LogP contribution < -0.4 is 4.90 Å². The molecule has 1 aromatic carbocycles. The first kappa shape index (κ1) is 12.0. The fourth-order valence-corrected chi connectivity index (χ4v) is 2.05. The van der Waals surface area contributed by atoms with Crippen molar-refractivity contribution < 1.29 is 9.52 Å². The second-order valence-electron chi connectivity index (χ2n) is 3.93. The molecular formula is C13H14ClNO2. The van der Waals surface area contributed by atoms with Crippen LogP contribution in [0.25, 0.3) is 0 Å². The molecule has 2 aromatic rings. The molecule has 0 saturated carbocycles. The van der Waals surface area contributed by atoms with Gasteiger partial charge in [0.05, 0.1) is 29.8 Å². The number of hydrogen-bond acceptors (Lipinski definition) is 3. The zero-order chi connectivity index (χ0) is 12.3. The molecule has 0 radical (unpaired) electrons. The second-order valence-corrected chi connectivity index (χ2v) is 4.34. The van der Waals surface area contributed by atoms with Gasteiger partial charge in [0.2, 0.25) is 0 Å². The van der Waals surface area contributed by atoms with Gasteiger partial charge in [0.15, 0.2) is 0 Å². The number of nitrogens with zero attached hydrogens (tertiary/aromatic N) is 1. The Kier molecular flexibility index (Phi) is 3.71. The second kappa shape index (κ2) is 5.25. The van der Waals surface area contributed by atoms with E-state index < -0.39 is 0 Å². The van der Waals surface area contributed by atoms with Crippen molar-refractivity contribution in [2.75, 3.05) is 11.9 Å². The summed E-state index contributed by atoms with van der Waals surface area (Å²) in [4.78, 5) is 2.04. The predicted octanol–water partition coefficient (Wildman–Crippen LogP) is 3.06. The van der Waals surface area contributed by atoms with Crippen LogP contribution in [-0.4, -0.2) is 12.2 Å². The van der Waals surface area contributed by atoms with Gasteiger partial charge < -0.3 is 14.4 Å². The maximum atomic E-state index is 9.01. The van der Waals surface area contributed by atoms with Crippen molar-refractivity contribution in [3.63, 3.8) is 0 Å². The van der Waals surface area contributed by atoms with Crippen LogP contribution in [0, 0.1) is 0 Å². The van der Waals surface area contributed by atoms with Crippen LogP contribution in [0.5, 0.6) is 0 Å². The maximum Gasteiger partial charge on any atom is 0.0952 e. The summed E-state index contributed by atoms with van der Waals surface area (Å²) in [7, 11) is 1.97. The number of aliphatic hydroxyl groups is 1. The summed E-state index contributed by atoms with van der Waals surface area (Å²) in [6.45, 7) is 0.736. The van der Waals surface area contributed by atoms with Gasteiger partial charge in [-0.15, -0.1) is 0 Å². The topological polar surface area (TPSA) is 36.6 Å². The highest BCUT2D eigenvalue weighted by atomic mass is 35.5. The molecular weight excluding hydrogens is 238 g/mol. The van der Waals surface area contributed by atoms with Gasteiger partial charge in [-0.1, -0.05) is 17.7 Å². The Balaban J connectivity index is 2.16. The molecule has 0 fully saturated rings. The van der Waals surface area contributed by atoms with Gasteiger partial charge in [-0.3, -0.25) is 0 Å². The Bertz CT molecular complexity index is 482. The van der Waals surface area contributed by atoms with Gasteiger partial charge >= 0.3 is 0 Å². The lowest BCUT2D eigenvalue weighted by molar-refractivity contribution is 0.282. The number of anilines is 1. The fraction of sp³-hybridized carbons (Fsp3) is 0.231. The predicted molar refractivity (Wildman–Crippen MR) is 68.2 cm³/mol. The zero-order valence-corrected chi connectivity index (χ0v) is 10.3. The molecule has 90 valence electrons. The molecule has 17 heavy (non-hydrogen) atoms. The number of benzene rings is 1. The van der Waals surface area contributed by atoms with Crippen molar-refractivity contribution in [1.29, 1.82) is 0 Å². The van der Waals surface area contributed by atoms with Crippen molar-refractivity contribution in [3.05, 3.63) is 52.9 Å². The van der Waals surface area contributed by atoms with E-state index in [0.717, 1.165) is 23.4 Å². The highest BCUT2D eigenvalue weighted by Crippen LogP contribution is 2.27. The molecule has 2 rings (SSSR count). The molecule has 0 aliphatic carbocycles.